The molecule has 0 aromatic rings. The van der Waals surface area contributed by atoms with Crippen LogP contribution in [-0.2, 0) is 14.2 Å². The lowest BCUT2D eigenvalue weighted by Gasteiger charge is -2.19. The average molecular weight is 258 g/mol. The summed E-state index contributed by atoms with van der Waals surface area (Å²) in [6, 6.07) is 0. The van der Waals surface area contributed by atoms with E-state index in [0.29, 0.717) is 0 Å². The molecule has 0 bridgehead atoms. The van der Waals surface area contributed by atoms with Crippen LogP contribution in [0.25, 0.3) is 0 Å². The summed E-state index contributed by atoms with van der Waals surface area (Å²) in [5.41, 5.74) is -0.125. The topological polar surface area (TPSA) is 27.7 Å². The van der Waals surface area contributed by atoms with Crippen molar-refractivity contribution in [2.75, 3.05) is 13.2 Å². The summed E-state index contributed by atoms with van der Waals surface area (Å²) < 4.78 is 17.7. The van der Waals surface area contributed by atoms with Crippen LogP contribution in [0.5, 0.6) is 0 Å². The highest BCUT2D eigenvalue weighted by Gasteiger charge is 2.55. The summed E-state index contributed by atoms with van der Waals surface area (Å²) in [6.07, 6.45) is 4.97. The Morgan fingerprint density at radius 1 is 0.778 bits per heavy atom. The number of rotatable bonds is 9. The Morgan fingerprint density at radius 3 is 1.56 bits per heavy atom. The van der Waals surface area contributed by atoms with Crippen molar-refractivity contribution in [1.29, 1.82) is 0 Å². The first kappa shape index (κ1) is 15.9. The Balaban J connectivity index is 2.31. The maximum Gasteiger partial charge on any atom is 0.116 e. The van der Waals surface area contributed by atoms with Gasteiger partial charge in [0.25, 0.3) is 0 Å². The van der Waals surface area contributed by atoms with Gasteiger partial charge in [-0.1, -0.05) is 26.7 Å². The van der Waals surface area contributed by atoms with E-state index in [1.54, 1.807) is 0 Å². The van der Waals surface area contributed by atoms with Crippen molar-refractivity contribution in [3.63, 3.8) is 0 Å². The third-order valence-corrected chi connectivity index (χ3v) is 2.94. The minimum absolute atomic E-state index is 0.124. The summed E-state index contributed by atoms with van der Waals surface area (Å²) in [6.45, 7) is 12.2. The minimum atomic E-state index is -0.125. The molecule has 2 unspecified atom stereocenters. The van der Waals surface area contributed by atoms with E-state index in [4.69, 9.17) is 14.2 Å². The highest BCUT2D eigenvalue weighted by atomic mass is 16.6. The second-order valence-electron chi connectivity index (χ2n) is 6.07. The van der Waals surface area contributed by atoms with E-state index < -0.39 is 0 Å². The van der Waals surface area contributed by atoms with Crippen molar-refractivity contribution in [2.24, 2.45) is 0 Å². The molecule has 1 aliphatic carbocycles. The molecule has 0 amide bonds. The maximum atomic E-state index is 5.99. The molecule has 0 heterocycles. The van der Waals surface area contributed by atoms with Crippen LogP contribution in [-0.4, -0.2) is 37.1 Å². The van der Waals surface area contributed by atoms with E-state index in [-0.39, 0.29) is 23.9 Å². The zero-order chi connectivity index (χ0) is 13.6. The normalized spacial score (nSPS) is 27.5. The van der Waals surface area contributed by atoms with Gasteiger partial charge in [0.1, 0.15) is 18.3 Å². The Labute approximate surface area is 112 Å². The molecule has 0 spiro atoms. The monoisotopic (exact) mass is 258 g/mol. The lowest BCUT2D eigenvalue weighted by atomic mass is 10.2. The van der Waals surface area contributed by atoms with Gasteiger partial charge >= 0.3 is 0 Å². The predicted octanol–water partition coefficient (Wildman–Crippen LogP) is 3.55. The standard InChI is InChI=1S/C15H30O3/c1-6-8-10-16-12-13(17-11-9-7-2)14(12)18-15(3,4)5/h12-14H,6-11H2,1-5H3. The molecule has 0 saturated heterocycles. The highest BCUT2D eigenvalue weighted by Crippen LogP contribution is 2.36. The number of hydrogen-bond donors (Lipinski definition) is 0. The van der Waals surface area contributed by atoms with Gasteiger partial charge in [-0.15, -0.1) is 0 Å². The molecule has 0 N–H and O–H groups in total. The minimum Gasteiger partial charge on any atom is -0.373 e. The SMILES string of the molecule is CCCCOC1C(OCCCC)C1OC(C)(C)C. The van der Waals surface area contributed by atoms with Crippen LogP contribution >= 0.6 is 0 Å². The van der Waals surface area contributed by atoms with Gasteiger partial charge in [-0.2, -0.15) is 0 Å². The predicted molar refractivity (Wildman–Crippen MR) is 73.9 cm³/mol. The molecule has 0 radical (unpaired) electrons. The third-order valence-electron chi connectivity index (χ3n) is 2.94. The zero-order valence-electron chi connectivity index (χ0n) is 12.7. The Hall–Kier alpha value is -0.120. The molecule has 1 aliphatic rings. The zero-order valence-corrected chi connectivity index (χ0v) is 12.7. The van der Waals surface area contributed by atoms with E-state index >= 15 is 0 Å². The molecule has 0 aliphatic heterocycles. The molecule has 108 valence electrons. The van der Waals surface area contributed by atoms with Gasteiger partial charge in [0, 0.05) is 13.2 Å². The Kier molecular flexibility index (Phi) is 6.61. The summed E-state index contributed by atoms with van der Waals surface area (Å²) in [7, 11) is 0. The molecule has 1 saturated carbocycles. The maximum absolute atomic E-state index is 5.99. The Bertz CT molecular complexity index is 206. The van der Waals surface area contributed by atoms with Crippen LogP contribution in [0.4, 0.5) is 0 Å². The highest BCUT2D eigenvalue weighted by molar-refractivity contribution is 5.04. The van der Waals surface area contributed by atoms with Crippen LogP contribution in [0, 0.1) is 0 Å². The van der Waals surface area contributed by atoms with Crippen LogP contribution in [0.15, 0.2) is 0 Å². The summed E-state index contributed by atoms with van der Waals surface area (Å²) >= 11 is 0. The number of ether oxygens (including phenoxy) is 3. The van der Waals surface area contributed by atoms with Crippen molar-refractivity contribution in [3.05, 3.63) is 0 Å². The lowest BCUT2D eigenvalue weighted by molar-refractivity contribution is -0.0511. The fraction of sp³-hybridized carbons (Fsp3) is 1.00. The van der Waals surface area contributed by atoms with E-state index in [0.717, 1.165) is 26.1 Å². The molecule has 0 aromatic carbocycles. The van der Waals surface area contributed by atoms with E-state index in [1.165, 1.54) is 12.8 Å². The first-order chi connectivity index (χ1) is 8.49. The van der Waals surface area contributed by atoms with Gasteiger partial charge in [0.05, 0.1) is 5.60 Å². The van der Waals surface area contributed by atoms with Gasteiger partial charge in [-0.05, 0) is 33.6 Å². The molecule has 3 heteroatoms. The van der Waals surface area contributed by atoms with Crippen LogP contribution in [0.3, 0.4) is 0 Å². The summed E-state index contributed by atoms with van der Waals surface area (Å²) in [4.78, 5) is 0. The molecular formula is C15H30O3. The third kappa shape index (κ3) is 5.68. The molecule has 3 nitrogen and oxygen atoms in total. The summed E-state index contributed by atoms with van der Waals surface area (Å²) in [5, 5.41) is 0. The van der Waals surface area contributed by atoms with Crippen LogP contribution in [0.1, 0.15) is 60.3 Å². The first-order valence-electron chi connectivity index (χ1n) is 7.40. The van der Waals surface area contributed by atoms with E-state index in [2.05, 4.69) is 34.6 Å². The fourth-order valence-electron chi connectivity index (χ4n) is 1.88. The van der Waals surface area contributed by atoms with Gasteiger partial charge in [0.15, 0.2) is 0 Å². The Morgan fingerprint density at radius 2 is 1.22 bits per heavy atom. The summed E-state index contributed by atoms with van der Waals surface area (Å²) in [5.74, 6) is 0. The fourth-order valence-corrected chi connectivity index (χ4v) is 1.88. The van der Waals surface area contributed by atoms with Gasteiger partial charge < -0.3 is 14.2 Å². The van der Waals surface area contributed by atoms with Crippen molar-refractivity contribution >= 4 is 0 Å². The largest absolute Gasteiger partial charge is 0.373 e. The van der Waals surface area contributed by atoms with Crippen molar-refractivity contribution in [2.45, 2.75) is 84.2 Å². The molecular weight excluding hydrogens is 228 g/mol. The van der Waals surface area contributed by atoms with Crippen LogP contribution < -0.4 is 0 Å². The van der Waals surface area contributed by atoms with Crippen molar-refractivity contribution < 1.29 is 14.2 Å². The number of unbranched alkanes of at least 4 members (excludes halogenated alkanes) is 2. The lowest BCUT2D eigenvalue weighted by Crippen LogP contribution is -2.23. The molecule has 18 heavy (non-hydrogen) atoms. The quantitative estimate of drug-likeness (QED) is 0.592. The van der Waals surface area contributed by atoms with Crippen molar-refractivity contribution in [3.8, 4) is 0 Å². The average Bonchev–Trinajstić information content (AvgIpc) is 2.89. The van der Waals surface area contributed by atoms with E-state index in [9.17, 15) is 0 Å². The molecule has 0 aromatic heterocycles. The van der Waals surface area contributed by atoms with Gasteiger partial charge in [-0.25, -0.2) is 0 Å². The molecule has 1 fully saturated rings. The van der Waals surface area contributed by atoms with E-state index in [1.807, 2.05) is 0 Å². The molecule has 2 atom stereocenters. The smallest absolute Gasteiger partial charge is 0.116 e. The van der Waals surface area contributed by atoms with Crippen LogP contribution in [0.2, 0.25) is 0 Å². The second-order valence-corrected chi connectivity index (χ2v) is 6.07. The second kappa shape index (κ2) is 7.46. The van der Waals surface area contributed by atoms with Crippen molar-refractivity contribution in [1.82, 2.24) is 0 Å². The first-order valence-corrected chi connectivity index (χ1v) is 7.40. The van der Waals surface area contributed by atoms with Gasteiger partial charge in [-0.3, -0.25) is 0 Å². The molecule has 1 rings (SSSR count). The number of hydrogen-bond acceptors (Lipinski definition) is 3. The van der Waals surface area contributed by atoms with Gasteiger partial charge in [0.2, 0.25) is 0 Å².